The van der Waals surface area contributed by atoms with Crippen molar-refractivity contribution in [1.82, 2.24) is 0 Å². The summed E-state index contributed by atoms with van der Waals surface area (Å²) >= 11 is 22.7. The normalized spacial score (nSPS) is 11.8. The summed E-state index contributed by atoms with van der Waals surface area (Å²) < 4.78 is 0. The molecule has 2 nitrogen and oxygen atoms in total. The second kappa shape index (κ2) is 4.38. The van der Waals surface area contributed by atoms with Crippen LogP contribution in [0.15, 0.2) is 17.3 Å². The topological polar surface area (TPSA) is 32.6 Å². The number of nitrogens with zero attached hydrogens (tertiary/aromatic N) is 1. The van der Waals surface area contributed by atoms with Gasteiger partial charge in [0.25, 0.3) is 0 Å². The maximum atomic E-state index is 8.41. The summed E-state index contributed by atoms with van der Waals surface area (Å²) in [5.74, 6) is 0. The summed E-state index contributed by atoms with van der Waals surface area (Å²) in [5.41, 5.74) is 0.261. The number of halogens is 4. The largest absolute Gasteiger partial charge is 0.410 e. The molecular weight excluding hydrogens is 256 g/mol. The predicted molar refractivity (Wildman–Crippen MR) is 55.6 cm³/mol. The number of oxime groups is 1. The highest BCUT2D eigenvalue weighted by atomic mass is 35.5. The smallest absolute Gasteiger partial charge is 0.178 e. The molecule has 0 heterocycles. The minimum Gasteiger partial charge on any atom is -0.410 e. The number of hydrogen-bond donors (Lipinski definition) is 1. The Hall–Kier alpha value is -0.150. The highest BCUT2D eigenvalue weighted by molar-refractivity contribution is 6.71. The molecule has 0 amide bonds. The first-order valence-corrected chi connectivity index (χ1v) is 4.60. The third-order valence-corrected chi connectivity index (χ3v) is 2.38. The Labute approximate surface area is 94.7 Å². The van der Waals surface area contributed by atoms with Crippen LogP contribution >= 0.6 is 46.4 Å². The molecule has 0 spiro atoms. The first-order chi connectivity index (χ1) is 6.06. The molecule has 0 aromatic heterocycles. The van der Waals surface area contributed by atoms with E-state index in [4.69, 9.17) is 51.6 Å². The van der Waals surface area contributed by atoms with Gasteiger partial charge < -0.3 is 5.21 Å². The fourth-order valence-corrected chi connectivity index (χ4v) is 2.09. The highest BCUT2D eigenvalue weighted by Crippen LogP contribution is 2.30. The van der Waals surface area contributed by atoms with Crippen molar-refractivity contribution in [2.75, 3.05) is 0 Å². The lowest BCUT2D eigenvalue weighted by molar-refractivity contribution is 0.321. The van der Waals surface area contributed by atoms with Gasteiger partial charge in [-0.15, -0.1) is 0 Å². The van der Waals surface area contributed by atoms with Crippen molar-refractivity contribution in [3.63, 3.8) is 0 Å². The van der Waals surface area contributed by atoms with E-state index in [9.17, 15) is 0 Å². The Morgan fingerprint density at radius 3 is 2.00 bits per heavy atom. The Balaban J connectivity index is 3.37. The van der Waals surface area contributed by atoms with Gasteiger partial charge in [0.15, 0.2) is 5.17 Å². The number of benzene rings is 1. The van der Waals surface area contributed by atoms with Gasteiger partial charge in [-0.3, -0.25) is 0 Å². The summed E-state index contributed by atoms with van der Waals surface area (Å²) in [5, 5.41) is 11.9. The summed E-state index contributed by atoms with van der Waals surface area (Å²) in [6.07, 6.45) is 0. The van der Waals surface area contributed by atoms with E-state index in [0.717, 1.165) is 0 Å². The van der Waals surface area contributed by atoms with Crippen LogP contribution in [0.2, 0.25) is 15.1 Å². The second-order valence-electron chi connectivity index (χ2n) is 2.14. The molecule has 0 saturated carbocycles. The van der Waals surface area contributed by atoms with Crippen LogP contribution in [0, 0.1) is 0 Å². The van der Waals surface area contributed by atoms with E-state index in [1.807, 2.05) is 0 Å². The van der Waals surface area contributed by atoms with Gasteiger partial charge in [-0.1, -0.05) is 51.6 Å². The lowest BCUT2D eigenvalue weighted by Crippen LogP contribution is -1.94. The fourth-order valence-electron chi connectivity index (χ4n) is 0.789. The van der Waals surface area contributed by atoms with Crippen molar-refractivity contribution in [1.29, 1.82) is 0 Å². The van der Waals surface area contributed by atoms with Gasteiger partial charge in [-0.2, -0.15) is 0 Å². The minimum atomic E-state index is -0.174. The third kappa shape index (κ3) is 2.41. The first kappa shape index (κ1) is 10.9. The molecule has 1 aromatic rings. The Morgan fingerprint density at radius 2 is 1.62 bits per heavy atom. The summed E-state index contributed by atoms with van der Waals surface area (Å²) in [4.78, 5) is 0. The van der Waals surface area contributed by atoms with Gasteiger partial charge in [-0.25, -0.2) is 0 Å². The third-order valence-electron chi connectivity index (χ3n) is 1.30. The zero-order chi connectivity index (χ0) is 10.0. The predicted octanol–water partition coefficient (Wildman–Crippen LogP) is 4.02. The molecule has 0 aliphatic heterocycles. The molecule has 1 rings (SSSR count). The Kier molecular flexibility index (Phi) is 3.68. The van der Waals surface area contributed by atoms with Crippen LogP contribution in [0.4, 0.5) is 0 Å². The monoisotopic (exact) mass is 257 g/mol. The van der Waals surface area contributed by atoms with E-state index in [-0.39, 0.29) is 20.8 Å². The maximum Gasteiger partial charge on any atom is 0.178 e. The van der Waals surface area contributed by atoms with E-state index in [0.29, 0.717) is 5.02 Å². The van der Waals surface area contributed by atoms with Gasteiger partial charge in [-0.05, 0) is 12.1 Å². The average molecular weight is 259 g/mol. The summed E-state index contributed by atoms with van der Waals surface area (Å²) in [6.45, 7) is 0. The Morgan fingerprint density at radius 1 is 1.15 bits per heavy atom. The highest BCUT2D eigenvalue weighted by Gasteiger charge is 2.12. The molecule has 1 aromatic carbocycles. The van der Waals surface area contributed by atoms with Crippen LogP contribution < -0.4 is 0 Å². The average Bonchev–Trinajstić information content (AvgIpc) is 2.02. The molecule has 0 aliphatic rings. The van der Waals surface area contributed by atoms with E-state index in [1.165, 1.54) is 12.1 Å². The van der Waals surface area contributed by atoms with Crippen LogP contribution in [0.3, 0.4) is 0 Å². The molecule has 0 saturated heterocycles. The molecule has 0 radical (unpaired) electrons. The molecule has 6 heteroatoms. The maximum absolute atomic E-state index is 8.41. The Bertz CT molecular complexity index is 341. The summed E-state index contributed by atoms with van der Waals surface area (Å²) in [7, 11) is 0. The SMILES string of the molecule is ON=C(Cl)c1c(Cl)cc(Cl)cc1Cl. The van der Waals surface area contributed by atoms with Crippen molar-refractivity contribution in [3.8, 4) is 0 Å². The lowest BCUT2D eigenvalue weighted by atomic mass is 10.2. The van der Waals surface area contributed by atoms with E-state index in [2.05, 4.69) is 5.16 Å². The van der Waals surface area contributed by atoms with Gasteiger partial charge in [0.05, 0.1) is 15.6 Å². The van der Waals surface area contributed by atoms with Crippen molar-refractivity contribution >= 4 is 51.6 Å². The van der Waals surface area contributed by atoms with Crippen molar-refractivity contribution in [3.05, 3.63) is 32.8 Å². The van der Waals surface area contributed by atoms with E-state index in [1.54, 1.807) is 0 Å². The fraction of sp³-hybridized carbons (Fsp3) is 0. The molecule has 0 atom stereocenters. The summed E-state index contributed by atoms with van der Waals surface area (Å²) in [6, 6.07) is 2.91. The zero-order valence-corrected chi connectivity index (χ0v) is 9.08. The first-order valence-electron chi connectivity index (χ1n) is 3.08. The van der Waals surface area contributed by atoms with Crippen LogP contribution in [-0.4, -0.2) is 10.4 Å². The molecule has 13 heavy (non-hydrogen) atoms. The number of hydrogen-bond acceptors (Lipinski definition) is 2. The molecular formula is C7H3Cl4NO. The molecule has 0 bridgehead atoms. The van der Waals surface area contributed by atoms with Gasteiger partial charge >= 0.3 is 0 Å². The van der Waals surface area contributed by atoms with Gasteiger partial charge in [0.1, 0.15) is 0 Å². The minimum absolute atomic E-state index is 0.174. The van der Waals surface area contributed by atoms with Crippen molar-refractivity contribution in [2.24, 2.45) is 5.16 Å². The molecule has 1 N–H and O–H groups in total. The quantitative estimate of drug-likeness (QED) is 0.461. The second-order valence-corrected chi connectivity index (χ2v) is 3.74. The van der Waals surface area contributed by atoms with Gasteiger partial charge in [0.2, 0.25) is 0 Å². The van der Waals surface area contributed by atoms with Crippen LogP contribution in [0.5, 0.6) is 0 Å². The van der Waals surface area contributed by atoms with Crippen LogP contribution in [-0.2, 0) is 0 Å². The molecule has 70 valence electrons. The van der Waals surface area contributed by atoms with Crippen molar-refractivity contribution < 1.29 is 5.21 Å². The van der Waals surface area contributed by atoms with Gasteiger partial charge in [0, 0.05) is 5.02 Å². The molecule has 0 unspecified atom stereocenters. The molecule has 0 fully saturated rings. The van der Waals surface area contributed by atoms with Crippen LogP contribution in [0.25, 0.3) is 0 Å². The molecule has 0 aliphatic carbocycles. The number of rotatable bonds is 1. The van der Waals surface area contributed by atoms with E-state index < -0.39 is 0 Å². The zero-order valence-electron chi connectivity index (χ0n) is 6.06. The standard InChI is InChI=1S/C7H3Cl4NO/c8-3-1-4(9)6(5(10)2-3)7(11)12-13/h1-2,13H. The van der Waals surface area contributed by atoms with Crippen molar-refractivity contribution in [2.45, 2.75) is 0 Å². The van der Waals surface area contributed by atoms with Crippen LogP contribution in [0.1, 0.15) is 5.56 Å². The van der Waals surface area contributed by atoms with E-state index >= 15 is 0 Å². The lowest BCUT2D eigenvalue weighted by Gasteiger charge is -2.03.